The smallest absolute Gasteiger partial charge is 0.410 e. The molecule has 1 saturated heterocycles. The highest BCUT2D eigenvalue weighted by Crippen LogP contribution is 2.12. The van der Waals surface area contributed by atoms with E-state index >= 15 is 0 Å². The minimum Gasteiger partial charge on any atom is -0.444 e. The molecule has 2 aromatic rings. The van der Waals surface area contributed by atoms with Crippen LogP contribution in [0.4, 0.5) is 4.79 Å². The van der Waals surface area contributed by atoms with Gasteiger partial charge in [0.05, 0.1) is 13.2 Å². The number of aliphatic hydroxyl groups is 1. The molecule has 5 N–H and O–H groups in total. The second-order valence-electron chi connectivity index (χ2n) is 14.2. The average molecular weight is 712 g/mol. The number of nitrogens with one attached hydrogen (secondary N) is 4. The number of hydrogen-bond acceptors (Lipinski definition) is 10. The van der Waals surface area contributed by atoms with Gasteiger partial charge in [0, 0.05) is 95.7 Å². The molecule has 0 spiro atoms. The van der Waals surface area contributed by atoms with Crippen molar-refractivity contribution in [1.29, 1.82) is 0 Å². The monoisotopic (exact) mass is 711 g/mol. The lowest BCUT2D eigenvalue weighted by molar-refractivity contribution is 0.0146. The topological polar surface area (TPSA) is 148 Å². The zero-order valence-corrected chi connectivity index (χ0v) is 31.5. The first kappa shape index (κ1) is 41.8. The van der Waals surface area contributed by atoms with Gasteiger partial charge in [0.2, 0.25) is 0 Å². The normalized spacial score (nSPS) is 14.5. The molecule has 3 amide bonds. The van der Waals surface area contributed by atoms with Gasteiger partial charge in [-0.25, -0.2) is 4.79 Å². The summed E-state index contributed by atoms with van der Waals surface area (Å²) in [5.41, 5.74) is 2.89. The fourth-order valence-electron chi connectivity index (χ4n) is 5.37. The Morgan fingerprint density at radius 2 is 1.33 bits per heavy atom. The molecule has 0 aliphatic carbocycles. The van der Waals surface area contributed by atoms with Gasteiger partial charge in [0.15, 0.2) is 0 Å². The average Bonchev–Trinajstić information content (AvgIpc) is 3.09. The molecule has 2 aromatic carbocycles. The number of ether oxygens (including phenoxy) is 2. The summed E-state index contributed by atoms with van der Waals surface area (Å²) in [4.78, 5) is 43.6. The number of piperazine rings is 1. The molecule has 13 nitrogen and oxygen atoms in total. The van der Waals surface area contributed by atoms with E-state index in [0.29, 0.717) is 82.7 Å². The molecule has 0 bridgehead atoms. The summed E-state index contributed by atoms with van der Waals surface area (Å²) >= 11 is 0. The molecule has 51 heavy (non-hydrogen) atoms. The largest absolute Gasteiger partial charge is 0.444 e. The van der Waals surface area contributed by atoms with E-state index in [0.717, 1.165) is 30.8 Å². The van der Waals surface area contributed by atoms with E-state index in [9.17, 15) is 19.5 Å². The van der Waals surface area contributed by atoms with Crippen molar-refractivity contribution in [1.82, 2.24) is 36.0 Å². The van der Waals surface area contributed by atoms with Crippen molar-refractivity contribution in [3.63, 3.8) is 0 Å². The standard InChI is InChI=1S/C38H61N7O6/c1-29(2)41-27-31-7-11-33(12-8-31)36(48)40-16-18-44(23-25-46)24-26-50-30(3)42-28-32-9-13-34(14-10-32)35(47)39-15-17-43-19-21-45(22-20-43)37(49)51-38(4,5)6/h7-14,29-30,41-42,46H,15-28H2,1-6H3,(H,39,47)(H,40,48). The van der Waals surface area contributed by atoms with Gasteiger partial charge in [-0.2, -0.15) is 0 Å². The van der Waals surface area contributed by atoms with Crippen LogP contribution >= 0.6 is 0 Å². The number of benzene rings is 2. The molecule has 0 radical (unpaired) electrons. The van der Waals surface area contributed by atoms with Gasteiger partial charge >= 0.3 is 6.09 Å². The van der Waals surface area contributed by atoms with Crippen molar-refractivity contribution in [3.8, 4) is 0 Å². The number of nitrogens with zero attached hydrogens (tertiary/aromatic N) is 3. The molecule has 284 valence electrons. The summed E-state index contributed by atoms with van der Waals surface area (Å²) in [7, 11) is 0. The number of aliphatic hydroxyl groups excluding tert-OH is 1. The van der Waals surface area contributed by atoms with Crippen molar-refractivity contribution >= 4 is 17.9 Å². The Labute approximate surface area is 304 Å². The first-order valence-corrected chi connectivity index (χ1v) is 18.2. The Balaban J connectivity index is 1.27. The van der Waals surface area contributed by atoms with Gasteiger partial charge in [-0.15, -0.1) is 0 Å². The van der Waals surface area contributed by atoms with Crippen molar-refractivity contribution in [2.24, 2.45) is 0 Å². The molecule has 3 rings (SSSR count). The van der Waals surface area contributed by atoms with Crippen LogP contribution in [0.25, 0.3) is 0 Å². The number of rotatable bonds is 20. The van der Waals surface area contributed by atoms with E-state index in [-0.39, 0.29) is 30.7 Å². The molecular formula is C38H61N7O6. The van der Waals surface area contributed by atoms with Gasteiger partial charge in [-0.05, 0) is 63.1 Å². The Bertz CT molecular complexity index is 1330. The van der Waals surface area contributed by atoms with Gasteiger partial charge in [-0.3, -0.25) is 24.7 Å². The third-order valence-electron chi connectivity index (χ3n) is 8.38. The van der Waals surface area contributed by atoms with Crippen molar-refractivity contribution < 1.29 is 29.0 Å². The number of carbonyl (C=O) groups excluding carboxylic acids is 3. The lowest BCUT2D eigenvalue weighted by Gasteiger charge is -2.35. The van der Waals surface area contributed by atoms with Crippen LogP contribution in [-0.2, 0) is 22.6 Å². The summed E-state index contributed by atoms with van der Waals surface area (Å²) < 4.78 is 11.4. The Morgan fingerprint density at radius 1 is 0.784 bits per heavy atom. The van der Waals surface area contributed by atoms with Crippen LogP contribution in [0.5, 0.6) is 0 Å². The zero-order valence-electron chi connectivity index (χ0n) is 31.5. The highest BCUT2D eigenvalue weighted by atomic mass is 16.6. The minimum absolute atomic E-state index is 0.0241. The minimum atomic E-state index is -0.505. The second-order valence-corrected chi connectivity index (χ2v) is 14.2. The molecule has 0 saturated carbocycles. The zero-order chi connectivity index (χ0) is 37.2. The van der Waals surface area contributed by atoms with Gasteiger partial charge in [-0.1, -0.05) is 38.1 Å². The first-order chi connectivity index (χ1) is 24.3. The maximum Gasteiger partial charge on any atom is 0.410 e. The predicted molar refractivity (Wildman–Crippen MR) is 200 cm³/mol. The van der Waals surface area contributed by atoms with Crippen LogP contribution in [0.15, 0.2) is 48.5 Å². The van der Waals surface area contributed by atoms with E-state index in [1.807, 2.05) is 76.2 Å². The quantitative estimate of drug-likeness (QED) is 0.130. The molecule has 13 heteroatoms. The van der Waals surface area contributed by atoms with Crippen LogP contribution < -0.4 is 21.3 Å². The molecule has 1 aliphatic heterocycles. The maximum absolute atomic E-state index is 12.7. The summed E-state index contributed by atoms with van der Waals surface area (Å²) in [6.07, 6.45) is -0.478. The molecule has 1 heterocycles. The SMILES string of the molecule is CC(C)NCc1ccc(C(=O)NCCN(CCO)CCOC(C)NCc2ccc(C(=O)NCCN3CCN(C(=O)OC(C)(C)C)CC3)cc2)cc1. The van der Waals surface area contributed by atoms with E-state index in [2.05, 4.69) is 44.9 Å². The number of amides is 3. The van der Waals surface area contributed by atoms with E-state index in [4.69, 9.17) is 9.47 Å². The summed E-state index contributed by atoms with van der Waals surface area (Å²) in [6, 6.07) is 15.5. The van der Waals surface area contributed by atoms with Crippen LogP contribution in [0.3, 0.4) is 0 Å². The van der Waals surface area contributed by atoms with Crippen LogP contribution in [0.1, 0.15) is 73.4 Å². The van der Waals surface area contributed by atoms with Crippen molar-refractivity contribution in [2.45, 2.75) is 72.5 Å². The van der Waals surface area contributed by atoms with E-state index in [1.54, 1.807) is 4.90 Å². The van der Waals surface area contributed by atoms with Crippen LogP contribution in [0.2, 0.25) is 0 Å². The molecule has 1 fully saturated rings. The maximum atomic E-state index is 12.7. The molecule has 1 unspecified atom stereocenters. The Morgan fingerprint density at radius 3 is 1.86 bits per heavy atom. The van der Waals surface area contributed by atoms with E-state index in [1.165, 1.54) is 0 Å². The summed E-state index contributed by atoms with van der Waals surface area (Å²) in [5.74, 6) is -0.233. The van der Waals surface area contributed by atoms with Gasteiger partial charge < -0.3 is 35.4 Å². The number of carbonyl (C=O) groups is 3. The molecule has 1 atom stereocenters. The highest BCUT2D eigenvalue weighted by Gasteiger charge is 2.25. The molecule has 1 aliphatic rings. The van der Waals surface area contributed by atoms with Crippen molar-refractivity contribution in [2.75, 3.05) is 78.7 Å². The van der Waals surface area contributed by atoms with Gasteiger partial charge in [0.1, 0.15) is 11.8 Å². The van der Waals surface area contributed by atoms with Gasteiger partial charge in [0.25, 0.3) is 11.8 Å². The van der Waals surface area contributed by atoms with Crippen LogP contribution in [-0.4, -0.2) is 134 Å². The lowest BCUT2D eigenvalue weighted by Crippen LogP contribution is -2.51. The third-order valence-corrected chi connectivity index (χ3v) is 8.38. The predicted octanol–water partition coefficient (Wildman–Crippen LogP) is 2.64. The number of hydrogen-bond donors (Lipinski definition) is 5. The first-order valence-electron chi connectivity index (χ1n) is 18.2. The van der Waals surface area contributed by atoms with E-state index < -0.39 is 5.60 Å². The third kappa shape index (κ3) is 16.5. The summed E-state index contributed by atoms with van der Waals surface area (Å²) in [6.45, 7) is 19.7. The molecular weight excluding hydrogens is 650 g/mol. The Hall–Kier alpha value is -3.59. The van der Waals surface area contributed by atoms with Crippen molar-refractivity contribution in [3.05, 3.63) is 70.8 Å². The second kappa shape index (κ2) is 21.7. The lowest BCUT2D eigenvalue weighted by atomic mass is 10.1. The Kier molecular flexibility index (Phi) is 17.8. The fourth-order valence-corrected chi connectivity index (χ4v) is 5.37. The highest BCUT2D eigenvalue weighted by molar-refractivity contribution is 5.94. The fraction of sp³-hybridized carbons (Fsp3) is 0.605. The summed E-state index contributed by atoms with van der Waals surface area (Å²) in [5, 5.41) is 22.2. The van der Waals surface area contributed by atoms with Crippen LogP contribution in [0, 0.1) is 0 Å². The molecule has 0 aromatic heterocycles.